The molecule has 3 heterocycles. The molecule has 7 nitrogen and oxygen atoms in total. The maximum atomic E-state index is 12.8. The van der Waals surface area contributed by atoms with E-state index in [-0.39, 0.29) is 17.9 Å². The van der Waals surface area contributed by atoms with Gasteiger partial charge in [0.2, 0.25) is 0 Å². The third-order valence-corrected chi connectivity index (χ3v) is 6.85. The highest BCUT2D eigenvalue weighted by molar-refractivity contribution is 7.09. The fraction of sp³-hybridized carbons (Fsp3) is 0.269. The molecule has 2 aromatic carbocycles. The number of anilines is 1. The Kier molecular flexibility index (Phi) is 6.69. The van der Waals surface area contributed by atoms with Crippen molar-refractivity contribution in [3.63, 3.8) is 0 Å². The van der Waals surface area contributed by atoms with Gasteiger partial charge in [-0.15, -0.1) is 11.3 Å². The molecule has 3 N–H and O–H groups in total. The van der Waals surface area contributed by atoms with Crippen LogP contribution in [0.2, 0.25) is 0 Å². The predicted molar refractivity (Wildman–Crippen MR) is 134 cm³/mol. The zero-order valence-corrected chi connectivity index (χ0v) is 19.5. The lowest BCUT2D eigenvalue weighted by molar-refractivity contribution is 0.0949. The highest BCUT2D eigenvalue weighted by Gasteiger charge is 2.21. The van der Waals surface area contributed by atoms with Gasteiger partial charge < -0.3 is 20.7 Å². The third kappa shape index (κ3) is 5.18. The Bertz CT molecular complexity index is 1200. The molecular formula is C26H26N4O3S. The van der Waals surface area contributed by atoms with Crippen LogP contribution in [-0.4, -0.2) is 36.9 Å². The second-order valence-corrected chi connectivity index (χ2v) is 9.38. The van der Waals surface area contributed by atoms with Crippen LogP contribution >= 0.6 is 11.3 Å². The summed E-state index contributed by atoms with van der Waals surface area (Å²) in [4.78, 5) is 31.0. The summed E-state index contributed by atoms with van der Waals surface area (Å²) in [7, 11) is 0. The van der Waals surface area contributed by atoms with E-state index in [1.54, 1.807) is 35.6 Å². The quantitative estimate of drug-likeness (QED) is 0.483. The first-order valence-corrected chi connectivity index (χ1v) is 12.3. The van der Waals surface area contributed by atoms with Crippen molar-refractivity contribution in [1.29, 1.82) is 0 Å². The van der Waals surface area contributed by atoms with Crippen LogP contribution in [0.1, 0.15) is 49.6 Å². The number of nitrogens with one attached hydrogen (secondary N) is 3. The summed E-state index contributed by atoms with van der Waals surface area (Å²) in [5.74, 6) is 0.109. The molecule has 2 aliphatic heterocycles. The average molecular weight is 475 g/mol. The summed E-state index contributed by atoms with van der Waals surface area (Å²) in [5, 5.41) is 11.2. The van der Waals surface area contributed by atoms with Crippen molar-refractivity contribution < 1.29 is 14.3 Å². The number of benzene rings is 2. The van der Waals surface area contributed by atoms with Crippen molar-refractivity contribution in [2.45, 2.75) is 32.0 Å². The van der Waals surface area contributed by atoms with Crippen LogP contribution in [0.25, 0.3) is 0 Å². The molecule has 0 saturated carbocycles. The van der Waals surface area contributed by atoms with Gasteiger partial charge >= 0.3 is 0 Å². The molecule has 0 bridgehead atoms. The lowest BCUT2D eigenvalue weighted by Gasteiger charge is -2.12. The Balaban J connectivity index is 1.19. The number of nitrogens with zero attached hydrogens (tertiary/aromatic N) is 1. The van der Waals surface area contributed by atoms with Crippen LogP contribution in [-0.2, 0) is 17.8 Å². The standard InChI is InChI=1S/C26H26N4O3S/c31-25(29-16-22-4-2-12-34-22)18-5-6-19-14-28-24(23(19)13-18)30-26(32)17-7-9-20(10-8-17)27-15-21-3-1-11-33-21/h2,4-10,12-13,21,27H,1,3,11,14-16H2,(H,29,31)(H,28,30,32). The van der Waals surface area contributed by atoms with Gasteiger partial charge in [0.25, 0.3) is 11.8 Å². The molecule has 2 amide bonds. The minimum absolute atomic E-state index is 0.153. The van der Waals surface area contributed by atoms with Gasteiger partial charge in [-0.05, 0) is 66.2 Å². The molecule has 1 atom stereocenters. The molecule has 0 spiro atoms. The van der Waals surface area contributed by atoms with E-state index in [1.807, 2.05) is 35.7 Å². The van der Waals surface area contributed by atoms with Gasteiger partial charge in [-0.1, -0.05) is 12.1 Å². The second kappa shape index (κ2) is 10.2. The lowest BCUT2D eigenvalue weighted by Crippen LogP contribution is -2.30. The fourth-order valence-electron chi connectivity index (χ4n) is 4.07. The first-order valence-electron chi connectivity index (χ1n) is 11.4. The van der Waals surface area contributed by atoms with Gasteiger partial charge in [-0.3, -0.25) is 14.6 Å². The Morgan fingerprint density at radius 2 is 1.91 bits per heavy atom. The van der Waals surface area contributed by atoms with Gasteiger partial charge in [0, 0.05) is 40.4 Å². The van der Waals surface area contributed by atoms with Gasteiger partial charge in [-0.25, -0.2) is 0 Å². The highest BCUT2D eigenvalue weighted by Crippen LogP contribution is 2.21. The highest BCUT2D eigenvalue weighted by atomic mass is 32.1. The van der Waals surface area contributed by atoms with E-state index < -0.39 is 0 Å². The number of carbonyl (C=O) groups excluding carboxylic acids is 2. The van der Waals surface area contributed by atoms with Gasteiger partial charge in [-0.2, -0.15) is 0 Å². The predicted octanol–water partition coefficient (Wildman–Crippen LogP) is 3.96. The smallest absolute Gasteiger partial charge is 0.256 e. The van der Waals surface area contributed by atoms with Gasteiger partial charge in [0.1, 0.15) is 5.84 Å². The number of fused-ring (bicyclic) bond motifs is 1. The van der Waals surface area contributed by atoms with E-state index in [0.717, 1.165) is 47.7 Å². The zero-order valence-electron chi connectivity index (χ0n) is 18.7. The third-order valence-electron chi connectivity index (χ3n) is 5.97. The van der Waals surface area contributed by atoms with Crippen molar-refractivity contribution in [3.05, 3.63) is 87.1 Å². The number of amides is 2. The van der Waals surface area contributed by atoms with E-state index in [4.69, 9.17) is 4.74 Å². The van der Waals surface area contributed by atoms with Crippen molar-refractivity contribution in [2.24, 2.45) is 4.99 Å². The van der Waals surface area contributed by atoms with Crippen LogP contribution in [0, 0.1) is 0 Å². The topological polar surface area (TPSA) is 91.8 Å². The number of amidine groups is 1. The molecule has 3 aromatic rings. The monoisotopic (exact) mass is 474 g/mol. The molecule has 8 heteroatoms. The van der Waals surface area contributed by atoms with E-state index in [2.05, 4.69) is 20.9 Å². The first-order chi connectivity index (χ1) is 16.7. The van der Waals surface area contributed by atoms with E-state index >= 15 is 0 Å². The van der Waals surface area contributed by atoms with Crippen molar-refractivity contribution in [1.82, 2.24) is 10.6 Å². The summed E-state index contributed by atoms with van der Waals surface area (Å²) in [6, 6.07) is 16.8. The Morgan fingerprint density at radius 1 is 1.06 bits per heavy atom. The van der Waals surface area contributed by atoms with E-state index in [0.29, 0.717) is 30.1 Å². The number of hydrogen-bond acceptors (Lipinski definition) is 6. The molecule has 1 fully saturated rings. The average Bonchev–Trinajstić information content (AvgIpc) is 3.64. The van der Waals surface area contributed by atoms with Crippen LogP contribution in [0.4, 0.5) is 5.69 Å². The lowest BCUT2D eigenvalue weighted by atomic mass is 10.0. The largest absolute Gasteiger partial charge is 0.382 e. The SMILES string of the molecule is O=C(NCc1cccs1)c1ccc2c(c1)C(NC(=O)c1ccc(NCC3CCCO3)cc1)=NC2. The van der Waals surface area contributed by atoms with Gasteiger partial charge in [0.05, 0.1) is 19.2 Å². The van der Waals surface area contributed by atoms with Crippen LogP contribution in [0.15, 0.2) is 65.0 Å². The number of thiophene rings is 1. The fourth-order valence-corrected chi connectivity index (χ4v) is 4.72. The van der Waals surface area contributed by atoms with Crippen LogP contribution in [0.5, 0.6) is 0 Å². The number of carbonyl (C=O) groups is 2. The van der Waals surface area contributed by atoms with Crippen molar-refractivity contribution in [2.75, 3.05) is 18.5 Å². The molecule has 5 rings (SSSR count). The van der Waals surface area contributed by atoms with Crippen LogP contribution < -0.4 is 16.0 Å². The maximum absolute atomic E-state index is 12.8. The molecule has 2 aliphatic rings. The summed E-state index contributed by atoms with van der Waals surface area (Å²) in [6.45, 7) is 2.57. The Labute approximate surface area is 202 Å². The van der Waals surface area contributed by atoms with E-state index in [1.165, 1.54) is 0 Å². The second-order valence-electron chi connectivity index (χ2n) is 8.35. The van der Waals surface area contributed by atoms with E-state index in [9.17, 15) is 9.59 Å². The minimum atomic E-state index is -0.232. The number of aliphatic imine (C=N–C) groups is 1. The zero-order chi connectivity index (χ0) is 23.3. The van der Waals surface area contributed by atoms with Crippen LogP contribution in [0.3, 0.4) is 0 Å². The molecule has 1 aromatic heterocycles. The molecule has 34 heavy (non-hydrogen) atoms. The van der Waals surface area contributed by atoms with Gasteiger partial charge in [0.15, 0.2) is 0 Å². The summed E-state index contributed by atoms with van der Waals surface area (Å²) in [5.41, 5.74) is 3.81. The summed E-state index contributed by atoms with van der Waals surface area (Å²) >= 11 is 1.60. The number of hydrogen-bond donors (Lipinski definition) is 3. The molecule has 1 saturated heterocycles. The molecule has 174 valence electrons. The molecule has 1 unspecified atom stereocenters. The van der Waals surface area contributed by atoms with Crippen molar-refractivity contribution >= 4 is 34.7 Å². The number of rotatable bonds is 7. The number of ether oxygens (including phenoxy) is 1. The Morgan fingerprint density at radius 3 is 2.68 bits per heavy atom. The minimum Gasteiger partial charge on any atom is -0.382 e. The summed E-state index contributed by atoms with van der Waals surface area (Å²) < 4.78 is 5.63. The molecular weight excluding hydrogens is 448 g/mol. The molecule has 0 radical (unpaired) electrons. The van der Waals surface area contributed by atoms with Crippen molar-refractivity contribution in [3.8, 4) is 0 Å². The normalized spacial score (nSPS) is 16.6. The maximum Gasteiger partial charge on any atom is 0.256 e. The summed E-state index contributed by atoms with van der Waals surface area (Å²) in [6.07, 6.45) is 2.44. The molecule has 0 aliphatic carbocycles. The Hall–Kier alpha value is -3.49. The first kappa shape index (κ1) is 22.3.